The lowest BCUT2D eigenvalue weighted by atomic mass is 10.0. The third kappa shape index (κ3) is 5.70. The number of hydrogen-bond donors (Lipinski definition) is 1. The van der Waals surface area contributed by atoms with Crippen LogP contribution in [0.2, 0.25) is 5.02 Å². The molecule has 11 heteroatoms. The van der Waals surface area contributed by atoms with Gasteiger partial charge in [-0.1, -0.05) is 36.7 Å². The quantitative estimate of drug-likeness (QED) is 0.427. The Morgan fingerprint density at radius 2 is 1.90 bits per heavy atom. The molecule has 2 aliphatic heterocycles. The number of hydrogen-bond acceptors (Lipinski definition) is 7. The monoisotopic (exact) mass is 583 g/mol. The molecule has 0 unspecified atom stereocenters. The molecule has 0 spiro atoms. The van der Waals surface area contributed by atoms with Gasteiger partial charge >= 0.3 is 5.56 Å². The van der Waals surface area contributed by atoms with E-state index in [-0.39, 0.29) is 22.5 Å². The van der Waals surface area contributed by atoms with E-state index in [1.54, 1.807) is 34.8 Å². The van der Waals surface area contributed by atoms with E-state index in [1.807, 2.05) is 23.1 Å². The fraction of sp³-hybridized carbons (Fsp3) is 0.448. The third-order valence-corrected chi connectivity index (χ3v) is 10.2. The van der Waals surface area contributed by atoms with Crippen molar-refractivity contribution in [1.29, 1.82) is 0 Å². The van der Waals surface area contributed by atoms with Crippen LogP contribution in [0.25, 0.3) is 5.69 Å². The van der Waals surface area contributed by atoms with Crippen molar-refractivity contribution in [2.75, 3.05) is 49.5 Å². The van der Waals surface area contributed by atoms with Crippen LogP contribution < -0.4 is 20.5 Å². The minimum absolute atomic E-state index is 0.0356. The first-order valence-electron chi connectivity index (χ1n) is 13.8. The first-order valence-corrected chi connectivity index (χ1v) is 15.8. The molecule has 0 bridgehead atoms. The van der Waals surface area contributed by atoms with Gasteiger partial charge in [0.05, 0.1) is 24.2 Å². The summed E-state index contributed by atoms with van der Waals surface area (Å²) in [6.07, 6.45) is 5.86. The lowest BCUT2D eigenvalue weighted by molar-refractivity contribution is 0.242. The van der Waals surface area contributed by atoms with Crippen molar-refractivity contribution < 1.29 is 13.2 Å². The summed E-state index contributed by atoms with van der Waals surface area (Å²) in [5.41, 5.74) is 3.92. The number of rotatable bonds is 8. The maximum absolute atomic E-state index is 13.6. The molecule has 0 radical (unpaired) electrons. The van der Waals surface area contributed by atoms with E-state index >= 15 is 0 Å². The number of aryl methyl sites for hydroxylation is 1. The van der Waals surface area contributed by atoms with Crippen molar-refractivity contribution in [3.8, 4) is 11.4 Å². The minimum atomic E-state index is -3.50. The Bertz CT molecular complexity index is 1580. The standard InChI is InChI=1S/C29H34ClN5O4S/c1-29(9-10-29)20-39-27-26(18-32-35(28(27)36)24-6-2-5-23(30)17-24)33-12-14-34(15-13-33)40(37,38)19-21-7-8-22-4-3-11-31-25(22)16-21/h2,5-8,16-18,31H,3-4,9-15,19-20H2,1H3. The van der Waals surface area contributed by atoms with E-state index in [4.69, 9.17) is 16.3 Å². The largest absolute Gasteiger partial charge is 0.486 e. The van der Waals surface area contributed by atoms with Crippen molar-refractivity contribution >= 4 is 33.0 Å². The molecular formula is C29H34ClN5O4S. The number of fused-ring (bicyclic) bond motifs is 1. The molecule has 40 heavy (non-hydrogen) atoms. The average molecular weight is 584 g/mol. The van der Waals surface area contributed by atoms with Gasteiger partial charge in [0.1, 0.15) is 5.69 Å². The maximum Gasteiger partial charge on any atom is 0.316 e. The number of sulfonamides is 1. The van der Waals surface area contributed by atoms with Crippen molar-refractivity contribution in [2.24, 2.45) is 5.41 Å². The molecule has 1 aromatic heterocycles. The summed E-state index contributed by atoms with van der Waals surface area (Å²) in [5, 5.41) is 8.31. The molecule has 2 fully saturated rings. The van der Waals surface area contributed by atoms with Crippen LogP contribution in [0.5, 0.6) is 5.75 Å². The molecule has 1 saturated carbocycles. The maximum atomic E-state index is 13.6. The van der Waals surface area contributed by atoms with E-state index in [9.17, 15) is 13.2 Å². The summed E-state index contributed by atoms with van der Waals surface area (Å²) < 4.78 is 35.7. The first kappa shape index (κ1) is 27.1. The lowest BCUT2D eigenvalue weighted by Crippen LogP contribution is -2.49. The Kier molecular flexibility index (Phi) is 7.27. The summed E-state index contributed by atoms with van der Waals surface area (Å²) in [7, 11) is -3.50. The highest BCUT2D eigenvalue weighted by Crippen LogP contribution is 2.45. The highest BCUT2D eigenvalue weighted by Gasteiger charge is 2.39. The molecule has 9 nitrogen and oxygen atoms in total. The zero-order valence-electron chi connectivity index (χ0n) is 22.6. The van der Waals surface area contributed by atoms with Gasteiger partial charge in [-0.15, -0.1) is 0 Å². The van der Waals surface area contributed by atoms with E-state index in [0.717, 1.165) is 43.5 Å². The van der Waals surface area contributed by atoms with Gasteiger partial charge in [-0.2, -0.15) is 14.1 Å². The fourth-order valence-corrected chi connectivity index (χ4v) is 6.98. The molecular weight excluding hydrogens is 550 g/mol. The van der Waals surface area contributed by atoms with Crippen LogP contribution >= 0.6 is 11.6 Å². The topological polar surface area (TPSA) is 96.8 Å². The van der Waals surface area contributed by atoms with Gasteiger partial charge < -0.3 is 15.0 Å². The van der Waals surface area contributed by atoms with Crippen molar-refractivity contribution in [1.82, 2.24) is 14.1 Å². The van der Waals surface area contributed by atoms with E-state index in [0.29, 0.717) is 49.2 Å². The summed E-state index contributed by atoms with van der Waals surface area (Å²) >= 11 is 6.16. The number of nitrogens with zero attached hydrogens (tertiary/aromatic N) is 4. The Hall–Kier alpha value is -3.08. The number of nitrogens with one attached hydrogen (secondary N) is 1. The third-order valence-electron chi connectivity index (χ3n) is 8.07. The van der Waals surface area contributed by atoms with Gasteiger partial charge in [-0.3, -0.25) is 4.79 Å². The van der Waals surface area contributed by atoms with E-state index in [1.165, 1.54) is 10.2 Å². The van der Waals surface area contributed by atoms with Gasteiger partial charge in [0, 0.05) is 48.8 Å². The average Bonchev–Trinajstić information content (AvgIpc) is 3.69. The lowest BCUT2D eigenvalue weighted by Gasteiger charge is -2.36. The smallest absolute Gasteiger partial charge is 0.316 e. The Labute approximate surface area is 239 Å². The Morgan fingerprint density at radius 1 is 1.10 bits per heavy atom. The van der Waals surface area contributed by atoms with Crippen LogP contribution in [-0.4, -0.2) is 61.8 Å². The molecule has 1 saturated heterocycles. The van der Waals surface area contributed by atoms with E-state index < -0.39 is 10.0 Å². The second-order valence-corrected chi connectivity index (χ2v) is 13.7. The van der Waals surface area contributed by atoms with Crippen LogP contribution in [0.3, 0.4) is 0 Å². The number of halogens is 1. The van der Waals surface area contributed by atoms with Gasteiger partial charge in [0.15, 0.2) is 0 Å². The van der Waals surface area contributed by atoms with Crippen LogP contribution in [0, 0.1) is 5.41 Å². The van der Waals surface area contributed by atoms with Crippen molar-refractivity contribution in [3.63, 3.8) is 0 Å². The number of aromatic nitrogens is 2. The molecule has 0 amide bonds. The molecule has 1 aliphatic carbocycles. The van der Waals surface area contributed by atoms with Crippen LogP contribution in [0.4, 0.5) is 11.4 Å². The molecule has 3 aromatic rings. The molecule has 6 rings (SSSR count). The highest BCUT2D eigenvalue weighted by molar-refractivity contribution is 7.88. The van der Waals surface area contributed by atoms with Crippen LogP contribution in [-0.2, 0) is 22.2 Å². The number of ether oxygens (including phenoxy) is 1. The second-order valence-electron chi connectivity index (χ2n) is 11.3. The zero-order chi connectivity index (χ0) is 27.9. The predicted octanol–water partition coefficient (Wildman–Crippen LogP) is 4.07. The SMILES string of the molecule is CC1(COc2c(N3CCN(S(=O)(=O)Cc4ccc5c(c4)NCCC5)CC3)cnn(-c3cccc(Cl)c3)c2=O)CC1. The minimum Gasteiger partial charge on any atom is -0.486 e. The van der Waals surface area contributed by atoms with Gasteiger partial charge in [-0.25, -0.2) is 8.42 Å². The molecule has 0 atom stereocenters. The van der Waals surface area contributed by atoms with Crippen LogP contribution in [0.15, 0.2) is 53.5 Å². The van der Waals surface area contributed by atoms with Crippen molar-refractivity contribution in [3.05, 3.63) is 75.2 Å². The van der Waals surface area contributed by atoms with Gasteiger partial charge in [-0.05, 0) is 61.1 Å². The summed E-state index contributed by atoms with van der Waals surface area (Å²) in [4.78, 5) is 15.6. The number of benzene rings is 2. The summed E-state index contributed by atoms with van der Waals surface area (Å²) in [6.45, 7) is 5.00. The molecule has 3 heterocycles. The first-order chi connectivity index (χ1) is 19.2. The van der Waals surface area contributed by atoms with Gasteiger partial charge in [0.2, 0.25) is 15.8 Å². The van der Waals surface area contributed by atoms with Crippen LogP contribution in [0.1, 0.15) is 37.3 Å². The molecule has 2 aromatic carbocycles. The zero-order valence-corrected chi connectivity index (χ0v) is 24.2. The Balaban J connectivity index is 1.20. The molecule has 1 N–H and O–H groups in total. The summed E-state index contributed by atoms with van der Waals surface area (Å²) in [6, 6.07) is 12.9. The number of anilines is 2. The van der Waals surface area contributed by atoms with Crippen molar-refractivity contribution in [2.45, 2.75) is 38.4 Å². The normalized spacial score (nSPS) is 18.6. The van der Waals surface area contributed by atoms with Gasteiger partial charge in [0.25, 0.3) is 0 Å². The highest BCUT2D eigenvalue weighted by atomic mass is 35.5. The van der Waals surface area contributed by atoms with E-state index in [2.05, 4.69) is 17.3 Å². The second kappa shape index (κ2) is 10.7. The fourth-order valence-electron chi connectivity index (χ4n) is 5.29. The predicted molar refractivity (Wildman–Crippen MR) is 157 cm³/mol. The molecule has 3 aliphatic rings. The number of piperazine rings is 1. The summed E-state index contributed by atoms with van der Waals surface area (Å²) in [5.74, 6) is 0.201. The Morgan fingerprint density at radius 3 is 2.65 bits per heavy atom. The molecule has 212 valence electrons.